The van der Waals surface area contributed by atoms with E-state index < -0.39 is 11.9 Å². The highest BCUT2D eigenvalue weighted by atomic mass is 32.1. The zero-order valence-corrected chi connectivity index (χ0v) is 16.5. The Morgan fingerprint density at radius 2 is 1.89 bits per heavy atom. The minimum atomic E-state index is -0.649. The second-order valence-electron chi connectivity index (χ2n) is 6.02. The van der Waals surface area contributed by atoms with E-state index in [2.05, 4.69) is 12.2 Å². The van der Waals surface area contributed by atoms with E-state index in [1.54, 1.807) is 18.4 Å². The monoisotopic (exact) mass is 390 g/mol. The Balaban J connectivity index is 2.19. The molecule has 2 aromatic rings. The average molecular weight is 390 g/mol. The molecule has 0 aliphatic rings. The van der Waals surface area contributed by atoms with Gasteiger partial charge in [-0.1, -0.05) is 13.3 Å². The highest BCUT2D eigenvalue weighted by Crippen LogP contribution is 2.33. The molecular formula is C19H24N3O4S+. The summed E-state index contributed by atoms with van der Waals surface area (Å²) in [5.74, 6) is -1.55. The van der Waals surface area contributed by atoms with Crippen LogP contribution in [0, 0.1) is 6.92 Å². The van der Waals surface area contributed by atoms with Gasteiger partial charge in [-0.2, -0.15) is 4.57 Å². The standard InChI is InChI=1S/C19H23N3O4S/c1-4-6-13-7-9-22(10-8-13)11-14(23)21-18-15(19(25)26-5-2)12(3)16(27-18)17(20)24/h7-10H,4-6,11H2,1-3H3,(H2-,20,21,23,24,25)/p+1. The van der Waals surface area contributed by atoms with Crippen molar-refractivity contribution < 1.29 is 23.7 Å². The third-order valence-corrected chi connectivity index (χ3v) is 5.15. The molecule has 0 spiro atoms. The first-order valence-corrected chi connectivity index (χ1v) is 9.57. The minimum absolute atomic E-state index is 0.0809. The number of hydrogen-bond acceptors (Lipinski definition) is 5. The van der Waals surface area contributed by atoms with Crippen LogP contribution in [0.4, 0.5) is 5.00 Å². The van der Waals surface area contributed by atoms with Crippen LogP contribution in [0.25, 0.3) is 0 Å². The molecule has 0 saturated heterocycles. The van der Waals surface area contributed by atoms with E-state index in [4.69, 9.17) is 10.5 Å². The Kier molecular flexibility index (Phi) is 7.06. The third kappa shape index (κ3) is 5.13. The van der Waals surface area contributed by atoms with Crippen LogP contribution in [0.2, 0.25) is 0 Å². The van der Waals surface area contributed by atoms with Crippen LogP contribution in [0.1, 0.15) is 51.4 Å². The molecule has 27 heavy (non-hydrogen) atoms. The van der Waals surface area contributed by atoms with Crippen molar-refractivity contribution in [3.63, 3.8) is 0 Å². The molecule has 0 fully saturated rings. The van der Waals surface area contributed by atoms with Crippen molar-refractivity contribution in [1.29, 1.82) is 0 Å². The zero-order chi connectivity index (χ0) is 20.0. The molecule has 0 bridgehead atoms. The first-order valence-electron chi connectivity index (χ1n) is 8.75. The maximum Gasteiger partial charge on any atom is 0.341 e. The molecule has 3 N–H and O–H groups in total. The summed E-state index contributed by atoms with van der Waals surface area (Å²) in [6.07, 6.45) is 5.72. The minimum Gasteiger partial charge on any atom is -0.462 e. The molecule has 2 heterocycles. The third-order valence-electron chi connectivity index (χ3n) is 3.93. The van der Waals surface area contributed by atoms with Crippen molar-refractivity contribution >= 4 is 34.1 Å². The van der Waals surface area contributed by atoms with Crippen LogP contribution in [0.15, 0.2) is 24.5 Å². The van der Waals surface area contributed by atoms with Crippen molar-refractivity contribution in [1.82, 2.24) is 0 Å². The number of nitrogens with one attached hydrogen (secondary N) is 1. The van der Waals surface area contributed by atoms with Crippen molar-refractivity contribution in [2.45, 2.75) is 40.2 Å². The van der Waals surface area contributed by atoms with Crippen LogP contribution >= 0.6 is 11.3 Å². The van der Waals surface area contributed by atoms with Gasteiger partial charge in [-0.3, -0.25) is 9.59 Å². The number of amides is 2. The molecule has 0 unspecified atom stereocenters. The van der Waals surface area contributed by atoms with E-state index in [0.717, 1.165) is 24.2 Å². The highest BCUT2D eigenvalue weighted by Gasteiger charge is 2.26. The lowest BCUT2D eigenvalue weighted by Gasteiger charge is -2.06. The number of nitrogens with two attached hydrogens (primary N) is 1. The number of thiophene rings is 1. The van der Waals surface area contributed by atoms with Gasteiger partial charge in [-0.15, -0.1) is 11.3 Å². The van der Waals surface area contributed by atoms with E-state index in [1.165, 1.54) is 5.56 Å². The SMILES string of the molecule is CCCc1cc[n+](CC(=O)Nc2sc(C(N)=O)c(C)c2C(=O)OCC)cc1. The fraction of sp³-hybridized carbons (Fsp3) is 0.368. The quantitative estimate of drug-likeness (QED) is 0.533. The number of carbonyl (C=O) groups excluding carboxylic acids is 3. The molecule has 2 aromatic heterocycles. The summed E-state index contributed by atoms with van der Waals surface area (Å²) in [5, 5.41) is 2.98. The van der Waals surface area contributed by atoms with Crippen LogP contribution < -0.4 is 15.6 Å². The summed E-state index contributed by atoms with van der Waals surface area (Å²) in [7, 11) is 0. The van der Waals surface area contributed by atoms with Crippen LogP contribution in [-0.4, -0.2) is 24.4 Å². The average Bonchev–Trinajstić information content (AvgIpc) is 2.93. The number of rotatable bonds is 8. The van der Waals surface area contributed by atoms with Gasteiger partial charge in [-0.05, 0) is 31.4 Å². The summed E-state index contributed by atoms with van der Waals surface area (Å²) in [6.45, 7) is 5.68. The Morgan fingerprint density at radius 1 is 1.22 bits per heavy atom. The number of ether oxygens (including phenoxy) is 1. The summed E-state index contributed by atoms with van der Waals surface area (Å²) in [5.41, 5.74) is 7.16. The Morgan fingerprint density at radius 3 is 2.44 bits per heavy atom. The number of aryl methyl sites for hydroxylation is 1. The Bertz CT molecular complexity index is 843. The van der Waals surface area contributed by atoms with Crippen LogP contribution in [0.3, 0.4) is 0 Å². The number of carbonyl (C=O) groups is 3. The van der Waals surface area contributed by atoms with E-state index in [-0.39, 0.29) is 34.5 Å². The molecule has 7 nitrogen and oxygen atoms in total. The summed E-state index contributed by atoms with van der Waals surface area (Å²) in [4.78, 5) is 36.5. The number of aromatic nitrogens is 1. The first-order chi connectivity index (χ1) is 12.9. The normalized spacial score (nSPS) is 10.5. The van der Waals surface area contributed by atoms with Crippen molar-refractivity contribution in [3.05, 3.63) is 46.1 Å². The lowest BCUT2D eigenvalue weighted by atomic mass is 10.1. The van der Waals surface area contributed by atoms with Gasteiger partial charge >= 0.3 is 5.97 Å². The molecule has 2 amide bonds. The van der Waals surface area contributed by atoms with E-state index >= 15 is 0 Å². The van der Waals surface area contributed by atoms with Gasteiger partial charge in [0.1, 0.15) is 5.00 Å². The van der Waals surface area contributed by atoms with E-state index in [9.17, 15) is 14.4 Å². The van der Waals surface area contributed by atoms with Crippen molar-refractivity contribution in [3.8, 4) is 0 Å². The molecule has 0 radical (unpaired) electrons. The maximum atomic E-state index is 12.4. The molecule has 144 valence electrons. The van der Waals surface area contributed by atoms with E-state index in [0.29, 0.717) is 5.56 Å². The molecule has 0 aliphatic heterocycles. The number of primary amides is 1. The van der Waals surface area contributed by atoms with Gasteiger partial charge in [-0.25, -0.2) is 4.79 Å². The summed E-state index contributed by atoms with van der Waals surface area (Å²) in [6, 6.07) is 3.95. The Labute approximate surface area is 162 Å². The van der Waals surface area contributed by atoms with Crippen molar-refractivity contribution in [2.75, 3.05) is 11.9 Å². The second kappa shape index (κ2) is 9.27. The van der Waals surface area contributed by atoms with E-state index in [1.807, 2.05) is 24.5 Å². The lowest BCUT2D eigenvalue weighted by Crippen LogP contribution is -2.39. The van der Waals surface area contributed by atoms with Gasteiger partial charge < -0.3 is 15.8 Å². The zero-order valence-electron chi connectivity index (χ0n) is 15.7. The van der Waals surface area contributed by atoms with Gasteiger partial charge in [0, 0.05) is 12.1 Å². The maximum absolute atomic E-state index is 12.4. The first kappa shape index (κ1) is 20.6. The van der Waals surface area contributed by atoms with Crippen LogP contribution in [-0.2, 0) is 22.5 Å². The second-order valence-corrected chi connectivity index (χ2v) is 7.04. The topological polar surface area (TPSA) is 102 Å². The highest BCUT2D eigenvalue weighted by molar-refractivity contribution is 7.18. The predicted octanol–water partition coefficient (Wildman–Crippen LogP) is 2.21. The van der Waals surface area contributed by atoms with Gasteiger partial charge in [0.05, 0.1) is 17.0 Å². The number of esters is 1. The molecule has 0 saturated carbocycles. The lowest BCUT2D eigenvalue weighted by molar-refractivity contribution is -0.684. The smallest absolute Gasteiger partial charge is 0.341 e. The predicted molar refractivity (Wildman–Crippen MR) is 103 cm³/mol. The molecule has 8 heteroatoms. The van der Waals surface area contributed by atoms with Crippen molar-refractivity contribution in [2.24, 2.45) is 5.73 Å². The largest absolute Gasteiger partial charge is 0.462 e. The fourth-order valence-corrected chi connectivity index (χ4v) is 3.73. The number of anilines is 1. The van der Waals surface area contributed by atoms with Gasteiger partial charge in [0.15, 0.2) is 12.4 Å². The number of nitrogens with zero attached hydrogens (tertiary/aromatic N) is 1. The van der Waals surface area contributed by atoms with Crippen LogP contribution in [0.5, 0.6) is 0 Å². The molecular weight excluding hydrogens is 366 g/mol. The molecule has 0 aromatic carbocycles. The Hall–Kier alpha value is -2.74. The number of pyridine rings is 1. The van der Waals surface area contributed by atoms with Gasteiger partial charge in [0.2, 0.25) is 6.54 Å². The summed E-state index contributed by atoms with van der Waals surface area (Å²) < 4.78 is 6.78. The van der Waals surface area contributed by atoms with Gasteiger partial charge in [0.25, 0.3) is 11.8 Å². The fourth-order valence-electron chi connectivity index (χ4n) is 2.67. The summed E-state index contributed by atoms with van der Waals surface area (Å²) >= 11 is 0.980. The molecule has 0 atom stereocenters. The number of hydrogen-bond donors (Lipinski definition) is 2. The molecule has 2 rings (SSSR count). The molecule has 0 aliphatic carbocycles.